The summed E-state index contributed by atoms with van der Waals surface area (Å²) in [4.78, 5) is 12.4. The highest BCUT2D eigenvalue weighted by molar-refractivity contribution is 7.92. The molecule has 0 aliphatic carbocycles. The normalized spacial score (nSPS) is 11.7. The molecule has 0 atom stereocenters. The first-order valence-corrected chi connectivity index (χ1v) is 12.5. The Kier molecular flexibility index (Phi) is 7.29. The number of hydrogen-bond acceptors (Lipinski definition) is 4. The quantitative estimate of drug-likeness (QED) is 0.399. The molecule has 9 heteroatoms. The molecule has 1 heterocycles. The van der Waals surface area contributed by atoms with Gasteiger partial charge in [0.25, 0.3) is 5.91 Å². The van der Waals surface area contributed by atoms with Gasteiger partial charge in [0.1, 0.15) is 6.54 Å². The molecule has 0 unspecified atom stereocenters. The van der Waals surface area contributed by atoms with E-state index in [1.165, 1.54) is 17.2 Å². The Labute approximate surface area is 199 Å². The van der Waals surface area contributed by atoms with Crippen molar-refractivity contribution in [1.82, 2.24) is 9.99 Å². The molecule has 1 amide bonds. The van der Waals surface area contributed by atoms with Gasteiger partial charge in [0, 0.05) is 27.7 Å². The van der Waals surface area contributed by atoms with Gasteiger partial charge < -0.3 is 4.57 Å². The van der Waals surface area contributed by atoms with Crippen LogP contribution in [0.25, 0.3) is 5.69 Å². The number of sulfonamides is 1. The van der Waals surface area contributed by atoms with E-state index in [1.54, 1.807) is 24.4 Å². The fourth-order valence-corrected chi connectivity index (χ4v) is 4.80. The predicted molar refractivity (Wildman–Crippen MR) is 134 cm³/mol. The first kappa shape index (κ1) is 24.5. The van der Waals surface area contributed by atoms with E-state index in [9.17, 15) is 13.2 Å². The number of aryl methyl sites for hydroxylation is 3. The van der Waals surface area contributed by atoms with Gasteiger partial charge in [-0.05, 0) is 75.2 Å². The van der Waals surface area contributed by atoms with Crippen LogP contribution in [0.5, 0.6) is 0 Å². The van der Waals surface area contributed by atoms with Gasteiger partial charge in [-0.3, -0.25) is 9.10 Å². The topological polar surface area (TPSA) is 83.8 Å². The van der Waals surface area contributed by atoms with Crippen LogP contribution in [0.4, 0.5) is 5.69 Å². The first-order valence-electron chi connectivity index (χ1n) is 10.3. The van der Waals surface area contributed by atoms with E-state index in [1.807, 2.05) is 19.9 Å². The Morgan fingerprint density at radius 2 is 1.76 bits per heavy atom. The van der Waals surface area contributed by atoms with E-state index in [0.29, 0.717) is 10.7 Å². The van der Waals surface area contributed by atoms with Crippen LogP contribution in [-0.2, 0) is 14.8 Å². The van der Waals surface area contributed by atoms with E-state index in [2.05, 4.69) is 47.1 Å². The summed E-state index contributed by atoms with van der Waals surface area (Å²) >= 11 is 5.97. The SMILES string of the molecule is Cc1cc(C)cc(-n2c(C)cc(/C=N/NC(=O)CN(c3cccc(Cl)c3)S(C)(=O)=O)c2C)c1. The standard InChI is InChI=1S/C24H27ClN4O3S/c1-16-9-17(2)11-23(10-16)29-18(3)12-20(19(29)4)14-26-27-24(30)15-28(33(5,31)32)22-8-6-7-21(25)13-22/h6-14H,15H2,1-5H3,(H,27,30)/b26-14+. The molecule has 2 aromatic carbocycles. The molecule has 0 spiro atoms. The molecule has 0 saturated carbocycles. The van der Waals surface area contributed by atoms with E-state index >= 15 is 0 Å². The minimum absolute atomic E-state index is 0.307. The zero-order valence-corrected chi connectivity index (χ0v) is 20.8. The number of benzene rings is 2. The lowest BCUT2D eigenvalue weighted by atomic mass is 10.1. The minimum Gasteiger partial charge on any atom is -0.318 e. The molecule has 0 bridgehead atoms. The van der Waals surface area contributed by atoms with Crippen molar-refractivity contribution in [3.63, 3.8) is 0 Å². The van der Waals surface area contributed by atoms with Crippen LogP contribution in [0.15, 0.2) is 53.6 Å². The van der Waals surface area contributed by atoms with Gasteiger partial charge in [0.2, 0.25) is 10.0 Å². The van der Waals surface area contributed by atoms with Crippen LogP contribution in [0.1, 0.15) is 28.1 Å². The van der Waals surface area contributed by atoms with Crippen LogP contribution < -0.4 is 9.73 Å². The fourth-order valence-electron chi connectivity index (χ4n) is 3.77. The van der Waals surface area contributed by atoms with Crippen LogP contribution >= 0.6 is 11.6 Å². The summed E-state index contributed by atoms with van der Waals surface area (Å²) < 4.78 is 27.5. The molecular weight excluding hydrogens is 460 g/mol. The second kappa shape index (κ2) is 9.80. The number of hydrogen-bond donors (Lipinski definition) is 1. The lowest BCUT2D eigenvalue weighted by molar-refractivity contribution is -0.119. The second-order valence-corrected chi connectivity index (χ2v) is 10.4. The smallest absolute Gasteiger partial charge is 0.260 e. The minimum atomic E-state index is -3.70. The van der Waals surface area contributed by atoms with Crippen molar-refractivity contribution >= 4 is 39.4 Å². The van der Waals surface area contributed by atoms with Crippen molar-refractivity contribution in [3.8, 4) is 5.69 Å². The third kappa shape index (κ3) is 6.03. The van der Waals surface area contributed by atoms with Crippen LogP contribution in [0.3, 0.4) is 0 Å². The maximum Gasteiger partial charge on any atom is 0.260 e. The maximum atomic E-state index is 12.4. The average Bonchev–Trinajstić information content (AvgIpc) is 2.97. The van der Waals surface area contributed by atoms with E-state index < -0.39 is 22.5 Å². The van der Waals surface area contributed by atoms with Gasteiger partial charge in [-0.1, -0.05) is 23.7 Å². The summed E-state index contributed by atoms with van der Waals surface area (Å²) in [7, 11) is -3.70. The third-order valence-electron chi connectivity index (χ3n) is 5.11. The second-order valence-electron chi connectivity index (χ2n) is 8.05. The van der Waals surface area contributed by atoms with Crippen LogP contribution in [0.2, 0.25) is 5.02 Å². The Hall–Kier alpha value is -3.10. The zero-order chi connectivity index (χ0) is 24.3. The summed E-state index contributed by atoms with van der Waals surface area (Å²) in [5, 5.41) is 4.42. The van der Waals surface area contributed by atoms with Crippen molar-refractivity contribution in [3.05, 3.63) is 81.6 Å². The summed E-state index contributed by atoms with van der Waals surface area (Å²) in [5.74, 6) is -0.570. The largest absolute Gasteiger partial charge is 0.318 e. The number of aromatic nitrogens is 1. The number of nitrogens with zero attached hydrogens (tertiary/aromatic N) is 3. The Morgan fingerprint density at radius 1 is 1.09 bits per heavy atom. The maximum absolute atomic E-state index is 12.4. The third-order valence-corrected chi connectivity index (χ3v) is 6.49. The van der Waals surface area contributed by atoms with Crippen molar-refractivity contribution in [1.29, 1.82) is 0 Å². The average molecular weight is 487 g/mol. The van der Waals surface area contributed by atoms with Gasteiger partial charge >= 0.3 is 0 Å². The first-order chi connectivity index (χ1) is 15.5. The highest BCUT2D eigenvalue weighted by Crippen LogP contribution is 2.23. The number of nitrogens with one attached hydrogen (secondary N) is 1. The monoisotopic (exact) mass is 486 g/mol. The molecule has 174 valence electrons. The summed E-state index contributed by atoms with van der Waals surface area (Å²) in [6, 6.07) is 14.7. The van der Waals surface area contributed by atoms with Crippen molar-refractivity contribution in [2.75, 3.05) is 17.1 Å². The molecule has 3 aromatic rings. The predicted octanol–water partition coefficient (Wildman–Crippen LogP) is 4.28. The van der Waals surface area contributed by atoms with Gasteiger partial charge in [-0.2, -0.15) is 5.10 Å². The number of halogens is 1. The number of hydrazone groups is 1. The molecule has 7 nitrogen and oxygen atoms in total. The molecule has 3 rings (SSSR count). The van der Waals surface area contributed by atoms with Crippen molar-refractivity contribution < 1.29 is 13.2 Å². The number of carbonyl (C=O) groups is 1. The molecule has 0 aliphatic rings. The number of anilines is 1. The van der Waals surface area contributed by atoms with Gasteiger partial charge in [0.05, 0.1) is 18.2 Å². The van der Waals surface area contributed by atoms with Crippen molar-refractivity contribution in [2.24, 2.45) is 5.10 Å². The summed E-state index contributed by atoms with van der Waals surface area (Å²) in [6.45, 7) is 7.70. The molecule has 1 aromatic heterocycles. The van der Waals surface area contributed by atoms with E-state index in [0.717, 1.165) is 33.2 Å². The molecule has 0 aliphatic heterocycles. The summed E-state index contributed by atoms with van der Waals surface area (Å²) in [5.41, 5.74) is 9.00. The van der Waals surface area contributed by atoms with E-state index in [4.69, 9.17) is 11.6 Å². The van der Waals surface area contributed by atoms with Crippen LogP contribution in [0, 0.1) is 27.7 Å². The molecular formula is C24H27ClN4O3S. The Balaban J connectivity index is 1.76. The fraction of sp³-hybridized carbons (Fsp3) is 0.250. The summed E-state index contributed by atoms with van der Waals surface area (Å²) in [6.07, 6.45) is 2.59. The number of amides is 1. The molecule has 0 saturated heterocycles. The highest BCUT2D eigenvalue weighted by atomic mass is 35.5. The molecule has 1 N–H and O–H groups in total. The Morgan fingerprint density at radius 3 is 2.36 bits per heavy atom. The molecule has 0 radical (unpaired) electrons. The molecule has 0 fully saturated rings. The lowest BCUT2D eigenvalue weighted by Crippen LogP contribution is -2.39. The van der Waals surface area contributed by atoms with E-state index in [-0.39, 0.29) is 0 Å². The lowest BCUT2D eigenvalue weighted by Gasteiger charge is -2.21. The Bertz CT molecular complexity index is 1310. The number of carbonyl (C=O) groups excluding carboxylic acids is 1. The van der Waals surface area contributed by atoms with Gasteiger partial charge in [-0.15, -0.1) is 0 Å². The van der Waals surface area contributed by atoms with Crippen molar-refractivity contribution in [2.45, 2.75) is 27.7 Å². The highest BCUT2D eigenvalue weighted by Gasteiger charge is 2.21. The van der Waals surface area contributed by atoms with Crippen LogP contribution in [-0.4, -0.2) is 37.9 Å². The molecule has 33 heavy (non-hydrogen) atoms. The van der Waals surface area contributed by atoms with Gasteiger partial charge in [0.15, 0.2) is 0 Å². The zero-order valence-electron chi connectivity index (χ0n) is 19.3. The van der Waals surface area contributed by atoms with Gasteiger partial charge in [-0.25, -0.2) is 13.8 Å². The number of rotatable bonds is 7.